The average molecular weight is 295 g/mol. The Morgan fingerprint density at radius 3 is 2.90 bits per heavy atom. The fraction of sp³-hybridized carbons (Fsp3) is 0.615. The van der Waals surface area contributed by atoms with Crippen molar-refractivity contribution in [3.8, 4) is 6.07 Å². The normalized spacial score (nSPS) is 12.7. The Balaban J connectivity index is 2.45. The predicted molar refractivity (Wildman–Crippen MR) is 76.9 cm³/mol. The van der Waals surface area contributed by atoms with Gasteiger partial charge in [-0.15, -0.1) is 0 Å². The Bertz CT molecular complexity index is 462. The molecule has 7 heteroatoms. The number of nitriles is 1. The molecular formula is C13H21N3O3Si. The van der Waals surface area contributed by atoms with E-state index in [4.69, 9.17) is 14.7 Å². The molecule has 0 aliphatic rings. The van der Waals surface area contributed by atoms with Crippen LogP contribution in [0.5, 0.6) is 0 Å². The molecule has 0 spiro atoms. The first-order valence-corrected chi connectivity index (χ1v) is 10.3. The van der Waals surface area contributed by atoms with Gasteiger partial charge in [0.1, 0.15) is 17.9 Å². The first-order valence-electron chi connectivity index (χ1n) is 6.55. The van der Waals surface area contributed by atoms with E-state index in [0.29, 0.717) is 31.8 Å². The lowest BCUT2D eigenvalue weighted by Gasteiger charge is -2.18. The van der Waals surface area contributed by atoms with Crippen molar-refractivity contribution in [2.45, 2.75) is 38.2 Å². The van der Waals surface area contributed by atoms with Gasteiger partial charge in [-0.3, -0.25) is 9.89 Å². The van der Waals surface area contributed by atoms with E-state index in [9.17, 15) is 4.79 Å². The van der Waals surface area contributed by atoms with Crippen LogP contribution >= 0.6 is 0 Å². The molecule has 1 heterocycles. The minimum Gasteiger partial charge on any atom is -0.462 e. The molecular weight excluding hydrogens is 274 g/mol. The molecule has 0 aliphatic carbocycles. The second-order valence-corrected chi connectivity index (χ2v) is 11.4. The van der Waals surface area contributed by atoms with Gasteiger partial charge in [0.15, 0.2) is 0 Å². The SMILES string of the molecule is C[Si](C)(C)CCOCC(Cc1cn[nH]c1C#N)OC=O. The summed E-state index contributed by atoms with van der Waals surface area (Å²) in [5.74, 6) is 0. The highest BCUT2D eigenvalue weighted by atomic mass is 28.3. The van der Waals surface area contributed by atoms with E-state index in [0.717, 1.165) is 11.6 Å². The van der Waals surface area contributed by atoms with Crippen LogP contribution in [0.1, 0.15) is 11.3 Å². The number of ether oxygens (including phenoxy) is 2. The third-order valence-electron chi connectivity index (χ3n) is 2.83. The van der Waals surface area contributed by atoms with Crippen LogP contribution in [0.25, 0.3) is 0 Å². The lowest BCUT2D eigenvalue weighted by atomic mass is 10.1. The van der Waals surface area contributed by atoms with Gasteiger partial charge in [0.05, 0.1) is 12.8 Å². The first-order chi connectivity index (χ1) is 9.46. The Kier molecular flexibility index (Phi) is 6.41. The van der Waals surface area contributed by atoms with Gasteiger partial charge < -0.3 is 9.47 Å². The van der Waals surface area contributed by atoms with Crippen LogP contribution in [0.2, 0.25) is 25.7 Å². The van der Waals surface area contributed by atoms with Gasteiger partial charge in [0, 0.05) is 26.7 Å². The molecule has 1 atom stereocenters. The zero-order chi connectivity index (χ0) is 15.0. The Morgan fingerprint density at radius 1 is 1.55 bits per heavy atom. The van der Waals surface area contributed by atoms with Crippen molar-refractivity contribution >= 4 is 14.5 Å². The van der Waals surface area contributed by atoms with Crippen molar-refractivity contribution in [3.05, 3.63) is 17.5 Å². The number of aromatic nitrogens is 2. The van der Waals surface area contributed by atoms with Crippen molar-refractivity contribution in [3.63, 3.8) is 0 Å². The molecule has 1 unspecified atom stereocenters. The molecule has 20 heavy (non-hydrogen) atoms. The number of rotatable bonds is 9. The van der Waals surface area contributed by atoms with Gasteiger partial charge in [0.25, 0.3) is 6.47 Å². The first kappa shape index (κ1) is 16.4. The van der Waals surface area contributed by atoms with Crippen molar-refractivity contribution in [2.75, 3.05) is 13.2 Å². The zero-order valence-electron chi connectivity index (χ0n) is 12.2. The summed E-state index contributed by atoms with van der Waals surface area (Å²) in [6, 6.07) is 3.08. The van der Waals surface area contributed by atoms with E-state index < -0.39 is 8.07 Å². The average Bonchev–Trinajstić information content (AvgIpc) is 2.81. The molecule has 0 bridgehead atoms. The fourth-order valence-electron chi connectivity index (χ4n) is 1.63. The number of nitrogens with one attached hydrogen (secondary N) is 1. The van der Waals surface area contributed by atoms with Gasteiger partial charge in [-0.05, 0) is 6.04 Å². The molecule has 0 amide bonds. The quantitative estimate of drug-likeness (QED) is 0.426. The summed E-state index contributed by atoms with van der Waals surface area (Å²) in [7, 11) is -1.12. The second kappa shape index (κ2) is 7.82. The molecule has 1 aromatic rings. The maximum Gasteiger partial charge on any atom is 0.293 e. The van der Waals surface area contributed by atoms with Crippen LogP contribution in [-0.4, -0.2) is 44.1 Å². The van der Waals surface area contributed by atoms with Gasteiger partial charge in [0.2, 0.25) is 0 Å². The number of carbonyl (C=O) groups excluding carboxylic acids is 1. The maximum absolute atomic E-state index is 10.5. The standard InChI is InChI=1S/C13H21N3O3Si/c1-20(2,3)5-4-18-9-12(19-10-17)6-11-8-15-16-13(11)7-14/h8,10,12H,4-6,9H2,1-3H3,(H,15,16). The van der Waals surface area contributed by atoms with Crippen molar-refractivity contribution in [2.24, 2.45) is 0 Å². The molecule has 0 saturated heterocycles. The van der Waals surface area contributed by atoms with Crippen LogP contribution in [-0.2, 0) is 20.7 Å². The highest BCUT2D eigenvalue weighted by Gasteiger charge is 2.16. The van der Waals surface area contributed by atoms with Crippen LogP contribution in [0.4, 0.5) is 0 Å². The molecule has 0 aromatic carbocycles. The number of aromatic amines is 1. The number of carbonyl (C=O) groups is 1. The highest BCUT2D eigenvalue weighted by molar-refractivity contribution is 6.76. The summed E-state index contributed by atoms with van der Waals surface area (Å²) in [5, 5.41) is 15.3. The fourth-order valence-corrected chi connectivity index (χ4v) is 2.38. The highest BCUT2D eigenvalue weighted by Crippen LogP contribution is 2.11. The Hall–Kier alpha value is -1.65. The second-order valence-electron chi connectivity index (χ2n) is 5.83. The molecule has 0 radical (unpaired) electrons. The number of H-pyrrole nitrogens is 1. The molecule has 0 fully saturated rings. The van der Waals surface area contributed by atoms with E-state index in [1.165, 1.54) is 0 Å². The Morgan fingerprint density at radius 2 is 2.30 bits per heavy atom. The molecule has 0 saturated carbocycles. The van der Waals surface area contributed by atoms with E-state index in [2.05, 4.69) is 29.8 Å². The number of hydrogen-bond donors (Lipinski definition) is 1. The maximum atomic E-state index is 10.5. The summed E-state index contributed by atoms with van der Waals surface area (Å²) in [6.07, 6.45) is 1.60. The summed E-state index contributed by atoms with van der Waals surface area (Å²) < 4.78 is 10.6. The molecule has 1 N–H and O–H groups in total. The summed E-state index contributed by atoms with van der Waals surface area (Å²) >= 11 is 0. The van der Waals surface area contributed by atoms with Gasteiger partial charge in [-0.2, -0.15) is 10.4 Å². The molecule has 0 aliphatic heterocycles. The number of nitrogens with zero attached hydrogens (tertiary/aromatic N) is 2. The van der Waals surface area contributed by atoms with E-state index in [-0.39, 0.29) is 6.10 Å². The van der Waals surface area contributed by atoms with Crippen molar-refractivity contribution in [1.29, 1.82) is 5.26 Å². The zero-order valence-corrected chi connectivity index (χ0v) is 13.2. The number of hydrogen-bond acceptors (Lipinski definition) is 5. The van der Waals surface area contributed by atoms with E-state index >= 15 is 0 Å². The predicted octanol–water partition coefficient (Wildman–Crippen LogP) is 1.72. The largest absolute Gasteiger partial charge is 0.462 e. The molecule has 110 valence electrons. The van der Waals surface area contributed by atoms with Crippen LogP contribution in [0.15, 0.2) is 6.20 Å². The topological polar surface area (TPSA) is 88.0 Å². The van der Waals surface area contributed by atoms with Crippen LogP contribution in [0.3, 0.4) is 0 Å². The minimum atomic E-state index is -1.12. The third-order valence-corrected chi connectivity index (χ3v) is 4.53. The molecule has 1 rings (SSSR count). The molecule has 1 aromatic heterocycles. The Labute approximate surface area is 120 Å². The lowest BCUT2D eigenvalue weighted by molar-refractivity contribution is -0.136. The van der Waals surface area contributed by atoms with Gasteiger partial charge >= 0.3 is 0 Å². The van der Waals surface area contributed by atoms with Gasteiger partial charge in [-0.1, -0.05) is 19.6 Å². The van der Waals surface area contributed by atoms with E-state index in [1.54, 1.807) is 6.20 Å². The molecule has 6 nitrogen and oxygen atoms in total. The smallest absolute Gasteiger partial charge is 0.293 e. The van der Waals surface area contributed by atoms with Crippen molar-refractivity contribution in [1.82, 2.24) is 10.2 Å². The van der Waals surface area contributed by atoms with Gasteiger partial charge in [-0.25, -0.2) is 0 Å². The third kappa shape index (κ3) is 5.99. The summed E-state index contributed by atoms with van der Waals surface area (Å²) in [5.41, 5.74) is 1.12. The summed E-state index contributed by atoms with van der Waals surface area (Å²) in [4.78, 5) is 10.5. The van der Waals surface area contributed by atoms with Crippen molar-refractivity contribution < 1.29 is 14.3 Å². The minimum absolute atomic E-state index is 0.333. The lowest BCUT2D eigenvalue weighted by Crippen LogP contribution is -2.26. The summed E-state index contributed by atoms with van der Waals surface area (Å²) in [6.45, 7) is 8.25. The monoisotopic (exact) mass is 295 g/mol. The van der Waals surface area contributed by atoms with Crippen LogP contribution in [0, 0.1) is 11.3 Å². The van der Waals surface area contributed by atoms with E-state index in [1.807, 2.05) is 6.07 Å². The van der Waals surface area contributed by atoms with Crippen LogP contribution < -0.4 is 0 Å².